The molecule has 1 atom stereocenters. The van der Waals surface area contributed by atoms with E-state index >= 15 is 0 Å². The molecule has 0 amide bonds. The minimum atomic E-state index is 0.681. The minimum absolute atomic E-state index is 0.681. The van der Waals surface area contributed by atoms with Crippen LogP contribution in [-0.2, 0) is 0 Å². The van der Waals surface area contributed by atoms with Crippen molar-refractivity contribution in [1.82, 2.24) is 5.32 Å². The summed E-state index contributed by atoms with van der Waals surface area (Å²) in [5, 5.41) is 3.47. The minimum Gasteiger partial charge on any atom is -0.314 e. The maximum atomic E-state index is 3.47. The van der Waals surface area contributed by atoms with Crippen molar-refractivity contribution < 1.29 is 0 Å². The van der Waals surface area contributed by atoms with Crippen LogP contribution in [0, 0.1) is 11.8 Å². The highest BCUT2D eigenvalue weighted by Crippen LogP contribution is 2.03. The van der Waals surface area contributed by atoms with Crippen molar-refractivity contribution in [1.29, 1.82) is 0 Å². The summed E-state index contributed by atoms with van der Waals surface area (Å²) in [6.07, 6.45) is 4.77. The molecule has 0 heterocycles. The van der Waals surface area contributed by atoms with Gasteiger partial charge in [-0.25, -0.2) is 0 Å². The highest BCUT2D eigenvalue weighted by Gasteiger charge is 2.03. The van der Waals surface area contributed by atoms with Gasteiger partial charge < -0.3 is 5.32 Å². The van der Waals surface area contributed by atoms with Crippen LogP contribution in [0.3, 0.4) is 0 Å². The predicted molar refractivity (Wildman–Crippen MR) is 55.1 cm³/mol. The van der Waals surface area contributed by atoms with Crippen LogP contribution in [0.25, 0.3) is 0 Å². The van der Waals surface area contributed by atoms with E-state index in [4.69, 9.17) is 0 Å². The normalized spacial score (nSPS) is 11.9. The molecule has 0 spiro atoms. The lowest BCUT2D eigenvalue weighted by Gasteiger charge is -2.14. The summed E-state index contributed by atoms with van der Waals surface area (Å²) in [7, 11) is 0. The molecule has 1 nitrogen and oxygen atoms in total. The molecule has 70 valence electrons. The second-order valence-electron chi connectivity index (χ2n) is 3.01. The lowest BCUT2D eigenvalue weighted by Crippen LogP contribution is -2.28. The van der Waals surface area contributed by atoms with Crippen LogP contribution in [0.2, 0.25) is 0 Å². The van der Waals surface area contributed by atoms with E-state index < -0.39 is 0 Å². The molecule has 0 rings (SSSR count). The topological polar surface area (TPSA) is 12.0 Å². The Bertz CT molecular complexity index is 135. The molecule has 1 unspecified atom stereocenters. The monoisotopic (exact) mass is 167 g/mol. The Morgan fingerprint density at radius 3 is 2.50 bits per heavy atom. The van der Waals surface area contributed by atoms with Crippen molar-refractivity contribution in [2.45, 2.75) is 52.5 Å². The second kappa shape index (κ2) is 8.62. The zero-order valence-corrected chi connectivity index (χ0v) is 8.61. The molecule has 0 bridgehead atoms. The molecule has 0 fully saturated rings. The van der Waals surface area contributed by atoms with Crippen molar-refractivity contribution in [3.63, 3.8) is 0 Å². The molecule has 0 aliphatic carbocycles. The van der Waals surface area contributed by atoms with Crippen molar-refractivity contribution in [2.24, 2.45) is 0 Å². The first-order valence-corrected chi connectivity index (χ1v) is 4.98. The van der Waals surface area contributed by atoms with Gasteiger partial charge >= 0.3 is 0 Å². The fourth-order valence-electron chi connectivity index (χ4n) is 1.36. The summed E-state index contributed by atoms with van der Waals surface area (Å²) in [6, 6.07) is 0.681. The fourth-order valence-corrected chi connectivity index (χ4v) is 1.36. The molecular weight excluding hydrogens is 146 g/mol. The van der Waals surface area contributed by atoms with Gasteiger partial charge in [-0.05, 0) is 26.3 Å². The Balaban J connectivity index is 3.52. The zero-order chi connectivity index (χ0) is 9.23. The summed E-state index contributed by atoms with van der Waals surface area (Å²) in [5.41, 5.74) is 0. The summed E-state index contributed by atoms with van der Waals surface area (Å²) < 4.78 is 0. The van der Waals surface area contributed by atoms with E-state index in [9.17, 15) is 0 Å². The maximum Gasteiger partial charge on any atom is 0.0103 e. The van der Waals surface area contributed by atoms with Crippen LogP contribution in [0.5, 0.6) is 0 Å². The summed E-state index contributed by atoms with van der Waals surface area (Å²) in [5.74, 6) is 6.04. The fraction of sp³-hybridized carbons (Fsp3) is 0.818. The first-order valence-electron chi connectivity index (χ1n) is 4.98. The lowest BCUT2D eigenvalue weighted by atomic mass is 10.1. The molecule has 0 saturated heterocycles. The first kappa shape index (κ1) is 11.5. The molecule has 0 aromatic rings. The zero-order valence-electron chi connectivity index (χ0n) is 8.61. The molecule has 1 heteroatoms. The molecule has 12 heavy (non-hydrogen) atoms. The van der Waals surface area contributed by atoms with Crippen LogP contribution in [-0.4, -0.2) is 12.6 Å². The lowest BCUT2D eigenvalue weighted by molar-refractivity contribution is 0.465. The number of hydrogen-bond acceptors (Lipinski definition) is 1. The Kier molecular flexibility index (Phi) is 8.27. The van der Waals surface area contributed by atoms with Gasteiger partial charge in [-0.1, -0.05) is 20.3 Å². The van der Waals surface area contributed by atoms with Gasteiger partial charge in [-0.3, -0.25) is 0 Å². The number of nitrogens with one attached hydrogen (secondary N) is 1. The van der Waals surface area contributed by atoms with E-state index in [0.29, 0.717) is 6.04 Å². The summed E-state index contributed by atoms with van der Waals surface area (Å²) in [4.78, 5) is 0. The van der Waals surface area contributed by atoms with Gasteiger partial charge in [0.25, 0.3) is 0 Å². The summed E-state index contributed by atoms with van der Waals surface area (Å²) >= 11 is 0. The van der Waals surface area contributed by atoms with Crippen LogP contribution < -0.4 is 5.32 Å². The van der Waals surface area contributed by atoms with E-state index in [1.807, 2.05) is 6.92 Å². The quantitative estimate of drug-likeness (QED) is 0.599. The van der Waals surface area contributed by atoms with Gasteiger partial charge in [0.1, 0.15) is 0 Å². The molecule has 0 aromatic heterocycles. The van der Waals surface area contributed by atoms with Gasteiger partial charge in [0.05, 0.1) is 0 Å². The third-order valence-electron chi connectivity index (χ3n) is 1.92. The van der Waals surface area contributed by atoms with Gasteiger partial charge in [-0.2, -0.15) is 0 Å². The standard InChI is InChI=1S/C11H21N/c1-4-7-8-10-11(9-5-2)12-6-3/h11-12H,5-6,8-10H2,1-3H3. The third-order valence-corrected chi connectivity index (χ3v) is 1.92. The smallest absolute Gasteiger partial charge is 0.0103 e. The molecular formula is C11H21N. The Morgan fingerprint density at radius 1 is 1.25 bits per heavy atom. The molecule has 0 saturated carbocycles. The van der Waals surface area contributed by atoms with E-state index in [1.54, 1.807) is 0 Å². The summed E-state index contributed by atoms with van der Waals surface area (Å²) in [6.45, 7) is 7.37. The van der Waals surface area contributed by atoms with Gasteiger partial charge in [0.15, 0.2) is 0 Å². The average molecular weight is 167 g/mol. The van der Waals surface area contributed by atoms with E-state index in [1.165, 1.54) is 19.3 Å². The maximum absolute atomic E-state index is 3.47. The first-order chi connectivity index (χ1) is 5.85. The third kappa shape index (κ3) is 6.24. The Morgan fingerprint density at radius 2 is 2.00 bits per heavy atom. The van der Waals surface area contributed by atoms with Crippen molar-refractivity contribution in [2.75, 3.05) is 6.54 Å². The van der Waals surface area contributed by atoms with Crippen LogP contribution in [0.1, 0.15) is 46.5 Å². The number of hydrogen-bond donors (Lipinski definition) is 1. The van der Waals surface area contributed by atoms with Crippen molar-refractivity contribution >= 4 is 0 Å². The highest BCUT2D eigenvalue weighted by atomic mass is 14.9. The molecule has 0 radical (unpaired) electrons. The van der Waals surface area contributed by atoms with Crippen LogP contribution in [0.15, 0.2) is 0 Å². The second-order valence-corrected chi connectivity index (χ2v) is 3.01. The van der Waals surface area contributed by atoms with Crippen LogP contribution >= 0.6 is 0 Å². The Hall–Kier alpha value is -0.480. The molecule has 0 aliphatic heterocycles. The van der Waals surface area contributed by atoms with Gasteiger partial charge in [0, 0.05) is 12.5 Å². The van der Waals surface area contributed by atoms with E-state index in [0.717, 1.165) is 13.0 Å². The number of rotatable bonds is 6. The SMILES string of the molecule is CC#CCCC(CCC)NCC. The van der Waals surface area contributed by atoms with Gasteiger partial charge in [-0.15, -0.1) is 11.8 Å². The van der Waals surface area contributed by atoms with E-state index in [2.05, 4.69) is 31.0 Å². The van der Waals surface area contributed by atoms with E-state index in [-0.39, 0.29) is 0 Å². The predicted octanol–water partition coefficient (Wildman–Crippen LogP) is 2.57. The van der Waals surface area contributed by atoms with Gasteiger partial charge in [0.2, 0.25) is 0 Å². The molecule has 0 aromatic carbocycles. The van der Waals surface area contributed by atoms with Crippen molar-refractivity contribution in [3.8, 4) is 11.8 Å². The molecule has 0 aliphatic rings. The molecule has 1 N–H and O–H groups in total. The van der Waals surface area contributed by atoms with Crippen LogP contribution in [0.4, 0.5) is 0 Å². The largest absolute Gasteiger partial charge is 0.314 e. The Labute approximate surface area is 76.9 Å². The highest BCUT2D eigenvalue weighted by molar-refractivity contribution is 4.95. The average Bonchev–Trinajstić information content (AvgIpc) is 2.06. The van der Waals surface area contributed by atoms with Crippen molar-refractivity contribution in [3.05, 3.63) is 0 Å².